The number of rotatable bonds is 9. The number of amides is 2. The Labute approximate surface area is 194 Å². The van der Waals surface area contributed by atoms with Crippen molar-refractivity contribution in [2.24, 2.45) is 0 Å². The van der Waals surface area contributed by atoms with Crippen LogP contribution in [0.3, 0.4) is 0 Å². The first-order valence-electron chi connectivity index (χ1n) is 10.5. The zero-order valence-corrected chi connectivity index (χ0v) is 19.2. The Balaban J connectivity index is 1.34. The number of benzene rings is 1. The van der Waals surface area contributed by atoms with Crippen LogP contribution in [0.1, 0.15) is 38.8 Å². The second-order valence-electron chi connectivity index (χ2n) is 7.51. The summed E-state index contributed by atoms with van der Waals surface area (Å²) in [6, 6.07) is 11.1. The monoisotopic (exact) mass is 464 g/mol. The Morgan fingerprint density at radius 1 is 1.18 bits per heavy atom. The maximum Gasteiger partial charge on any atom is 0.265 e. The van der Waals surface area contributed by atoms with Gasteiger partial charge in [-0.15, -0.1) is 11.3 Å². The summed E-state index contributed by atoms with van der Waals surface area (Å²) in [5.74, 6) is 0.857. The molecule has 9 nitrogen and oxygen atoms in total. The topological polar surface area (TPSA) is 115 Å². The SMILES string of the molecule is Cc1ccc(C(=O)Nc2cccc(-c3nc(CNC(=O)CCCn4cncn4)c(C)o3)c2)s1. The Hall–Kier alpha value is -3.79. The Morgan fingerprint density at radius 3 is 2.82 bits per heavy atom. The van der Waals surface area contributed by atoms with Crippen molar-refractivity contribution in [1.29, 1.82) is 0 Å². The molecule has 0 radical (unpaired) electrons. The van der Waals surface area contributed by atoms with Gasteiger partial charge in [-0.05, 0) is 50.6 Å². The first kappa shape index (κ1) is 22.4. The molecule has 1 aromatic carbocycles. The van der Waals surface area contributed by atoms with Gasteiger partial charge >= 0.3 is 0 Å². The predicted molar refractivity (Wildman–Crippen MR) is 125 cm³/mol. The summed E-state index contributed by atoms with van der Waals surface area (Å²) in [5, 5.41) is 9.80. The van der Waals surface area contributed by atoms with E-state index in [-0.39, 0.29) is 18.4 Å². The fraction of sp³-hybridized carbons (Fsp3) is 0.261. The molecule has 3 aromatic heterocycles. The lowest BCUT2D eigenvalue weighted by Gasteiger charge is -2.05. The summed E-state index contributed by atoms with van der Waals surface area (Å²) in [4.78, 5) is 34.7. The van der Waals surface area contributed by atoms with E-state index in [0.717, 1.165) is 10.4 Å². The number of oxazole rings is 1. The van der Waals surface area contributed by atoms with Crippen molar-refractivity contribution in [3.63, 3.8) is 0 Å². The van der Waals surface area contributed by atoms with Crippen LogP contribution in [0, 0.1) is 13.8 Å². The van der Waals surface area contributed by atoms with Gasteiger partial charge in [0.05, 0.1) is 11.4 Å². The van der Waals surface area contributed by atoms with E-state index in [0.29, 0.717) is 47.3 Å². The van der Waals surface area contributed by atoms with Gasteiger partial charge in [0, 0.05) is 29.1 Å². The van der Waals surface area contributed by atoms with Gasteiger partial charge in [-0.1, -0.05) is 6.07 Å². The summed E-state index contributed by atoms with van der Waals surface area (Å²) in [7, 11) is 0. The van der Waals surface area contributed by atoms with Crippen LogP contribution in [0.25, 0.3) is 11.5 Å². The largest absolute Gasteiger partial charge is 0.441 e. The van der Waals surface area contributed by atoms with E-state index < -0.39 is 0 Å². The molecule has 2 amide bonds. The molecule has 0 bridgehead atoms. The van der Waals surface area contributed by atoms with Crippen molar-refractivity contribution in [3.05, 3.63) is 70.3 Å². The second-order valence-corrected chi connectivity index (χ2v) is 8.79. The number of hydrogen-bond acceptors (Lipinski definition) is 7. The van der Waals surface area contributed by atoms with Gasteiger partial charge in [0.25, 0.3) is 5.91 Å². The minimum atomic E-state index is -0.152. The Bertz CT molecular complexity index is 1240. The Morgan fingerprint density at radius 2 is 2.06 bits per heavy atom. The lowest BCUT2D eigenvalue weighted by molar-refractivity contribution is -0.121. The lowest BCUT2D eigenvalue weighted by Crippen LogP contribution is -2.23. The molecule has 0 aliphatic heterocycles. The number of hydrogen-bond donors (Lipinski definition) is 2. The predicted octanol–water partition coefficient (Wildman–Crippen LogP) is 3.96. The molecule has 2 N–H and O–H groups in total. The zero-order chi connectivity index (χ0) is 23.2. The number of nitrogens with one attached hydrogen (secondary N) is 2. The summed E-state index contributed by atoms with van der Waals surface area (Å²) in [6.45, 7) is 4.70. The van der Waals surface area contributed by atoms with Crippen LogP contribution in [0.5, 0.6) is 0 Å². The molecular formula is C23H24N6O3S. The molecule has 4 aromatic rings. The van der Waals surface area contributed by atoms with Gasteiger partial charge in [0.1, 0.15) is 24.1 Å². The van der Waals surface area contributed by atoms with Gasteiger partial charge in [0.2, 0.25) is 11.8 Å². The van der Waals surface area contributed by atoms with Crippen LogP contribution in [-0.2, 0) is 17.9 Å². The molecular weight excluding hydrogens is 440 g/mol. The number of carbonyl (C=O) groups excluding carboxylic acids is 2. The number of carbonyl (C=O) groups is 2. The van der Waals surface area contributed by atoms with Crippen LogP contribution < -0.4 is 10.6 Å². The maximum atomic E-state index is 12.4. The zero-order valence-electron chi connectivity index (χ0n) is 18.4. The highest BCUT2D eigenvalue weighted by Gasteiger charge is 2.14. The van der Waals surface area contributed by atoms with Crippen molar-refractivity contribution >= 4 is 28.8 Å². The van der Waals surface area contributed by atoms with E-state index >= 15 is 0 Å². The normalized spacial score (nSPS) is 10.8. The smallest absolute Gasteiger partial charge is 0.265 e. The fourth-order valence-electron chi connectivity index (χ4n) is 3.22. The van der Waals surface area contributed by atoms with Crippen LogP contribution in [0.4, 0.5) is 5.69 Å². The summed E-state index contributed by atoms with van der Waals surface area (Å²) in [5.41, 5.74) is 2.06. The van der Waals surface area contributed by atoms with E-state index in [1.54, 1.807) is 11.0 Å². The molecule has 0 atom stereocenters. The highest BCUT2D eigenvalue weighted by molar-refractivity contribution is 7.14. The van der Waals surface area contributed by atoms with Crippen molar-refractivity contribution in [2.75, 3.05) is 5.32 Å². The van der Waals surface area contributed by atoms with Gasteiger partial charge in [-0.3, -0.25) is 14.3 Å². The van der Waals surface area contributed by atoms with Crippen LogP contribution in [0.15, 0.2) is 53.5 Å². The number of aryl methyl sites for hydroxylation is 3. The minimum absolute atomic E-state index is 0.0624. The van der Waals surface area contributed by atoms with Gasteiger partial charge in [-0.2, -0.15) is 5.10 Å². The van der Waals surface area contributed by atoms with Crippen molar-refractivity contribution < 1.29 is 14.0 Å². The molecule has 0 saturated heterocycles. The highest BCUT2D eigenvalue weighted by atomic mass is 32.1. The average Bonchev–Trinajstić information content (AvgIpc) is 3.54. The van der Waals surface area contributed by atoms with Crippen molar-refractivity contribution in [2.45, 2.75) is 39.8 Å². The first-order chi connectivity index (χ1) is 16.0. The molecule has 0 aliphatic carbocycles. The van der Waals surface area contributed by atoms with E-state index in [1.165, 1.54) is 17.7 Å². The lowest BCUT2D eigenvalue weighted by atomic mass is 10.2. The molecule has 33 heavy (non-hydrogen) atoms. The first-order valence-corrected chi connectivity index (χ1v) is 11.3. The molecule has 0 aliphatic rings. The van der Waals surface area contributed by atoms with Crippen LogP contribution in [0.2, 0.25) is 0 Å². The summed E-state index contributed by atoms with van der Waals surface area (Å²) in [6.07, 6.45) is 4.15. The molecule has 0 unspecified atom stereocenters. The molecule has 0 saturated carbocycles. The molecule has 170 valence electrons. The second kappa shape index (κ2) is 10.2. The molecule has 3 heterocycles. The van der Waals surface area contributed by atoms with Gasteiger partial charge in [-0.25, -0.2) is 9.97 Å². The Kier molecular flexibility index (Phi) is 6.94. The quantitative estimate of drug-likeness (QED) is 0.387. The summed E-state index contributed by atoms with van der Waals surface area (Å²) >= 11 is 1.45. The van der Waals surface area contributed by atoms with Crippen LogP contribution in [-0.4, -0.2) is 31.6 Å². The van der Waals surface area contributed by atoms with E-state index in [9.17, 15) is 9.59 Å². The summed E-state index contributed by atoms with van der Waals surface area (Å²) < 4.78 is 7.51. The number of nitrogens with zero attached hydrogens (tertiary/aromatic N) is 4. The van der Waals surface area contributed by atoms with Gasteiger partial charge in [0.15, 0.2) is 0 Å². The van der Waals surface area contributed by atoms with Crippen molar-refractivity contribution in [1.82, 2.24) is 25.1 Å². The molecule has 0 fully saturated rings. The van der Waals surface area contributed by atoms with Crippen LogP contribution >= 0.6 is 11.3 Å². The average molecular weight is 465 g/mol. The van der Waals surface area contributed by atoms with E-state index in [4.69, 9.17) is 4.42 Å². The maximum absolute atomic E-state index is 12.4. The van der Waals surface area contributed by atoms with E-state index in [2.05, 4.69) is 25.7 Å². The third-order valence-electron chi connectivity index (χ3n) is 4.93. The highest BCUT2D eigenvalue weighted by Crippen LogP contribution is 2.25. The number of aromatic nitrogens is 4. The molecule has 4 rings (SSSR count). The minimum Gasteiger partial charge on any atom is -0.441 e. The van der Waals surface area contributed by atoms with Crippen molar-refractivity contribution in [3.8, 4) is 11.5 Å². The fourth-order valence-corrected chi connectivity index (χ4v) is 3.98. The third kappa shape index (κ3) is 5.92. The standard InChI is InChI=1S/C23H24N6O3S/c1-15-8-9-20(33-15)22(31)27-18-6-3-5-17(11-18)23-28-19(16(2)32-23)12-25-21(30)7-4-10-29-14-24-13-26-29/h3,5-6,8-9,11,13-14H,4,7,10,12H2,1-2H3,(H,25,30)(H,27,31). The van der Waals surface area contributed by atoms with Gasteiger partial charge < -0.3 is 15.1 Å². The number of thiophene rings is 1. The van der Waals surface area contributed by atoms with E-state index in [1.807, 2.05) is 50.2 Å². The molecule has 10 heteroatoms. The number of anilines is 1. The molecule has 0 spiro atoms. The third-order valence-corrected chi connectivity index (χ3v) is 5.93.